The van der Waals surface area contributed by atoms with Gasteiger partial charge >= 0.3 is 0 Å². The lowest BCUT2D eigenvalue weighted by Gasteiger charge is -2.23. The van der Waals surface area contributed by atoms with E-state index < -0.39 is 0 Å². The van der Waals surface area contributed by atoms with Crippen LogP contribution in [0.1, 0.15) is 84.5 Å². The minimum Gasteiger partial charge on any atom is -0.440 e. The number of nitrogens with zero attached hydrogens (tertiary/aromatic N) is 4. The average molecular weight is 380 g/mol. The van der Waals surface area contributed by atoms with Crippen molar-refractivity contribution in [2.24, 2.45) is 0 Å². The van der Waals surface area contributed by atoms with Crippen molar-refractivity contribution < 1.29 is 13.8 Å². The standard InChI is InChI=1S/C21H24N4O3/c1-13-19(24-28-23-13)17-8-5-11-25(17)21(26)15-9-10-16-18(12-15)27-20(22-16)14-6-3-2-4-7-14/h9-10,12,14,17H,2-8,11H2,1H3/t17-/m1/s1. The van der Waals surface area contributed by atoms with Gasteiger partial charge in [0.25, 0.3) is 5.91 Å². The zero-order valence-electron chi connectivity index (χ0n) is 16.1. The highest BCUT2D eigenvalue weighted by Gasteiger charge is 2.34. The first-order valence-electron chi connectivity index (χ1n) is 10.2. The molecule has 1 saturated carbocycles. The zero-order chi connectivity index (χ0) is 19.1. The monoisotopic (exact) mass is 380 g/mol. The van der Waals surface area contributed by atoms with E-state index in [2.05, 4.69) is 15.3 Å². The van der Waals surface area contributed by atoms with Crippen molar-refractivity contribution in [2.75, 3.05) is 6.54 Å². The number of carbonyl (C=O) groups is 1. The molecule has 1 aromatic carbocycles. The summed E-state index contributed by atoms with van der Waals surface area (Å²) in [5.74, 6) is 1.22. The third kappa shape index (κ3) is 2.99. The van der Waals surface area contributed by atoms with Crippen LogP contribution in [0, 0.1) is 6.92 Å². The maximum atomic E-state index is 13.2. The molecule has 1 aliphatic heterocycles. The Bertz CT molecular complexity index is 1000. The smallest absolute Gasteiger partial charge is 0.254 e. The van der Waals surface area contributed by atoms with Gasteiger partial charge in [0.2, 0.25) is 0 Å². The van der Waals surface area contributed by atoms with E-state index in [1.807, 2.05) is 30.0 Å². The number of hydrogen-bond donors (Lipinski definition) is 0. The number of benzene rings is 1. The topological polar surface area (TPSA) is 85.3 Å². The number of aryl methyl sites for hydroxylation is 1. The lowest BCUT2D eigenvalue weighted by molar-refractivity contribution is 0.0730. The minimum absolute atomic E-state index is 0.0117. The third-order valence-electron chi connectivity index (χ3n) is 6.12. The largest absolute Gasteiger partial charge is 0.440 e. The summed E-state index contributed by atoms with van der Waals surface area (Å²) in [5, 5.41) is 7.89. The maximum Gasteiger partial charge on any atom is 0.254 e. The second kappa shape index (κ2) is 7.04. The Labute approximate surface area is 163 Å². The molecule has 2 aliphatic rings. The zero-order valence-corrected chi connectivity index (χ0v) is 16.1. The van der Waals surface area contributed by atoms with Crippen LogP contribution in [0.15, 0.2) is 27.2 Å². The van der Waals surface area contributed by atoms with Crippen LogP contribution in [-0.2, 0) is 0 Å². The summed E-state index contributed by atoms with van der Waals surface area (Å²) in [7, 11) is 0. The molecule has 1 amide bonds. The van der Waals surface area contributed by atoms with Gasteiger partial charge in [0.15, 0.2) is 11.5 Å². The van der Waals surface area contributed by atoms with Gasteiger partial charge in [-0.15, -0.1) is 0 Å². The fourth-order valence-corrected chi connectivity index (χ4v) is 4.60. The van der Waals surface area contributed by atoms with Crippen LogP contribution in [0.3, 0.4) is 0 Å². The van der Waals surface area contributed by atoms with E-state index in [0.717, 1.165) is 48.5 Å². The second-order valence-electron chi connectivity index (χ2n) is 7.96. The predicted molar refractivity (Wildman–Crippen MR) is 102 cm³/mol. The molecule has 28 heavy (non-hydrogen) atoms. The van der Waals surface area contributed by atoms with Crippen molar-refractivity contribution in [3.05, 3.63) is 41.0 Å². The van der Waals surface area contributed by atoms with E-state index in [1.165, 1.54) is 19.3 Å². The van der Waals surface area contributed by atoms with E-state index in [4.69, 9.17) is 9.05 Å². The fraction of sp³-hybridized carbons (Fsp3) is 0.524. The van der Waals surface area contributed by atoms with E-state index in [9.17, 15) is 4.79 Å². The highest BCUT2D eigenvalue weighted by Crippen LogP contribution is 2.35. The molecule has 1 saturated heterocycles. The van der Waals surface area contributed by atoms with Crippen molar-refractivity contribution in [2.45, 2.75) is 63.8 Å². The summed E-state index contributed by atoms with van der Waals surface area (Å²) in [6.45, 7) is 2.57. The molecule has 0 radical (unpaired) electrons. The Morgan fingerprint density at radius 1 is 1.11 bits per heavy atom. The molecule has 2 aromatic heterocycles. The first kappa shape index (κ1) is 17.4. The minimum atomic E-state index is -0.0815. The fourth-order valence-electron chi connectivity index (χ4n) is 4.60. The molecule has 7 heteroatoms. The van der Waals surface area contributed by atoms with Crippen LogP contribution in [0.25, 0.3) is 11.1 Å². The van der Waals surface area contributed by atoms with Crippen LogP contribution >= 0.6 is 0 Å². The summed E-state index contributed by atoms with van der Waals surface area (Å²) >= 11 is 0. The van der Waals surface area contributed by atoms with Crippen LogP contribution < -0.4 is 0 Å². The van der Waals surface area contributed by atoms with Gasteiger partial charge in [-0.1, -0.05) is 29.6 Å². The number of fused-ring (bicyclic) bond motifs is 1. The van der Waals surface area contributed by atoms with Crippen molar-refractivity contribution in [3.8, 4) is 0 Å². The molecule has 0 spiro atoms. The van der Waals surface area contributed by atoms with E-state index in [1.54, 1.807) is 0 Å². The lowest BCUT2D eigenvalue weighted by Crippen LogP contribution is -2.31. The Balaban J connectivity index is 1.42. The summed E-state index contributed by atoms with van der Waals surface area (Å²) in [6.07, 6.45) is 7.86. The Morgan fingerprint density at radius 2 is 1.96 bits per heavy atom. The molecule has 3 heterocycles. The van der Waals surface area contributed by atoms with Crippen molar-refractivity contribution in [3.63, 3.8) is 0 Å². The van der Waals surface area contributed by atoms with Gasteiger partial charge in [0.05, 0.1) is 6.04 Å². The van der Waals surface area contributed by atoms with E-state index in [-0.39, 0.29) is 11.9 Å². The summed E-state index contributed by atoms with van der Waals surface area (Å²) < 4.78 is 10.9. The van der Waals surface area contributed by atoms with Gasteiger partial charge in [0.1, 0.15) is 16.9 Å². The van der Waals surface area contributed by atoms with Gasteiger partial charge in [0, 0.05) is 18.0 Å². The normalized spacial score (nSPS) is 20.9. The molecule has 7 nitrogen and oxygen atoms in total. The predicted octanol–water partition coefficient (Wildman–Crippen LogP) is 4.54. The molecule has 0 bridgehead atoms. The second-order valence-corrected chi connectivity index (χ2v) is 7.96. The number of oxazole rings is 1. The number of hydrogen-bond acceptors (Lipinski definition) is 6. The number of carbonyl (C=O) groups excluding carboxylic acids is 1. The first-order valence-corrected chi connectivity index (χ1v) is 10.2. The van der Waals surface area contributed by atoms with Crippen LogP contribution in [0.2, 0.25) is 0 Å². The van der Waals surface area contributed by atoms with Crippen molar-refractivity contribution in [1.82, 2.24) is 20.2 Å². The molecule has 5 rings (SSSR count). The quantitative estimate of drug-likeness (QED) is 0.663. The van der Waals surface area contributed by atoms with E-state index in [0.29, 0.717) is 23.6 Å². The Hall–Kier alpha value is -2.70. The maximum absolute atomic E-state index is 13.2. The molecule has 0 unspecified atom stereocenters. The molecule has 0 N–H and O–H groups in total. The van der Waals surface area contributed by atoms with Crippen LogP contribution in [0.4, 0.5) is 0 Å². The highest BCUT2D eigenvalue weighted by atomic mass is 16.6. The molecule has 1 aliphatic carbocycles. The van der Waals surface area contributed by atoms with Crippen LogP contribution in [-0.4, -0.2) is 32.6 Å². The number of likely N-dealkylation sites (tertiary alicyclic amines) is 1. The molecular formula is C21H24N4O3. The summed E-state index contributed by atoms with van der Waals surface area (Å²) in [6, 6.07) is 5.50. The van der Waals surface area contributed by atoms with Crippen molar-refractivity contribution >= 4 is 17.0 Å². The summed E-state index contributed by atoms with van der Waals surface area (Å²) in [4.78, 5) is 19.7. The first-order chi connectivity index (χ1) is 13.7. The molecular weight excluding hydrogens is 356 g/mol. The third-order valence-corrected chi connectivity index (χ3v) is 6.12. The molecule has 2 fully saturated rings. The van der Waals surface area contributed by atoms with E-state index >= 15 is 0 Å². The van der Waals surface area contributed by atoms with Gasteiger partial charge in [-0.25, -0.2) is 9.61 Å². The van der Waals surface area contributed by atoms with Gasteiger partial charge in [-0.05, 0) is 50.8 Å². The summed E-state index contributed by atoms with van der Waals surface area (Å²) in [5.41, 5.74) is 3.65. The SMILES string of the molecule is Cc1nonc1[C@H]1CCCN1C(=O)c1ccc2nc(C3CCCCC3)oc2c1. The highest BCUT2D eigenvalue weighted by molar-refractivity contribution is 5.97. The van der Waals surface area contributed by atoms with Gasteiger partial charge < -0.3 is 9.32 Å². The number of amides is 1. The van der Waals surface area contributed by atoms with Gasteiger partial charge in [-0.2, -0.15) is 0 Å². The van der Waals surface area contributed by atoms with Crippen molar-refractivity contribution in [1.29, 1.82) is 0 Å². The van der Waals surface area contributed by atoms with Gasteiger partial charge in [-0.3, -0.25) is 4.79 Å². The number of rotatable bonds is 3. The average Bonchev–Trinajstić information content (AvgIpc) is 3.46. The number of aromatic nitrogens is 3. The molecule has 3 aromatic rings. The van der Waals surface area contributed by atoms with Crippen LogP contribution in [0.5, 0.6) is 0 Å². The molecule has 1 atom stereocenters. The Kier molecular flexibility index (Phi) is 4.37. The molecule has 146 valence electrons. The Morgan fingerprint density at radius 3 is 2.75 bits per heavy atom. The lowest BCUT2D eigenvalue weighted by atomic mass is 9.89.